The van der Waals surface area contributed by atoms with Crippen LogP contribution in [0.3, 0.4) is 0 Å². The number of aromatic amines is 1. The summed E-state index contributed by atoms with van der Waals surface area (Å²) in [5.74, 6) is 1.49. The number of pyridine rings is 1. The van der Waals surface area contributed by atoms with Crippen molar-refractivity contribution < 1.29 is 13.2 Å². The predicted octanol–water partition coefficient (Wildman–Crippen LogP) is 5.68. The summed E-state index contributed by atoms with van der Waals surface area (Å²) in [5, 5.41) is 2.16. The molecule has 34 heavy (non-hydrogen) atoms. The number of H-pyrrole nitrogens is 1. The van der Waals surface area contributed by atoms with Crippen LogP contribution in [-0.2, 0) is 9.84 Å². The van der Waals surface area contributed by atoms with Crippen LogP contribution in [0.1, 0.15) is 5.56 Å². The maximum atomic E-state index is 12.0. The van der Waals surface area contributed by atoms with Gasteiger partial charge in [0.25, 0.3) is 0 Å². The number of sulfone groups is 1. The van der Waals surface area contributed by atoms with Crippen LogP contribution >= 0.6 is 0 Å². The number of aryl methyl sites for hydroxylation is 1. The van der Waals surface area contributed by atoms with Crippen molar-refractivity contribution in [3.05, 3.63) is 84.7 Å². The molecule has 0 aliphatic heterocycles. The molecule has 0 amide bonds. The first-order valence-electron chi connectivity index (χ1n) is 10.7. The summed E-state index contributed by atoms with van der Waals surface area (Å²) in [5.41, 5.74) is 5.29. The van der Waals surface area contributed by atoms with Gasteiger partial charge in [-0.1, -0.05) is 18.2 Å². The Kier molecular flexibility index (Phi) is 5.42. The number of ether oxygens (including phenoxy) is 1. The zero-order valence-electron chi connectivity index (χ0n) is 19.0. The molecule has 2 aromatic heterocycles. The minimum Gasteiger partial charge on any atom is -0.497 e. The maximum absolute atomic E-state index is 12.0. The van der Waals surface area contributed by atoms with Crippen LogP contribution in [0.5, 0.6) is 5.75 Å². The average Bonchev–Trinajstić information content (AvgIpc) is 3.28. The number of aromatic nitrogens is 3. The maximum Gasteiger partial charge on any atom is 0.175 e. The summed E-state index contributed by atoms with van der Waals surface area (Å²) in [7, 11) is -1.63. The Balaban J connectivity index is 1.68. The molecule has 0 unspecified atom stereocenters. The molecule has 0 atom stereocenters. The molecule has 5 rings (SSSR count). The molecule has 6 nitrogen and oxygen atoms in total. The zero-order valence-corrected chi connectivity index (χ0v) is 19.8. The van der Waals surface area contributed by atoms with E-state index in [1.807, 2.05) is 43.3 Å². The number of nitrogens with one attached hydrogen (secondary N) is 1. The Morgan fingerprint density at radius 3 is 2.29 bits per heavy atom. The number of hydrogen-bond acceptors (Lipinski definition) is 5. The van der Waals surface area contributed by atoms with E-state index in [4.69, 9.17) is 9.72 Å². The predicted molar refractivity (Wildman–Crippen MR) is 135 cm³/mol. The van der Waals surface area contributed by atoms with E-state index in [9.17, 15) is 8.42 Å². The van der Waals surface area contributed by atoms with Crippen molar-refractivity contribution in [2.24, 2.45) is 0 Å². The number of imidazole rings is 1. The number of benzene rings is 3. The molecule has 3 aromatic carbocycles. The third-order valence-corrected chi connectivity index (χ3v) is 6.99. The van der Waals surface area contributed by atoms with Crippen LogP contribution in [0.4, 0.5) is 0 Å². The molecule has 0 saturated heterocycles. The highest BCUT2D eigenvalue weighted by Gasteiger charge is 2.18. The number of hydrogen-bond donors (Lipinski definition) is 1. The molecule has 0 bridgehead atoms. The smallest absolute Gasteiger partial charge is 0.175 e. The van der Waals surface area contributed by atoms with Gasteiger partial charge in [-0.3, -0.25) is 4.98 Å². The number of nitrogens with zero attached hydrogens (tertiary/aromatic N) is 2. The molecule has 170 valence electrons. The standard InChI is InChI=1S/C27H23N3O3S/c1-17-14-23(34(3,31)32)8-9-24(17)27-29-25(18-10-12-28-13-11-18)26(30-27)21-5-4-20-16-22(33-2)7-6-19(20)15-21/h4-16H,1-3H3,(H,29,30). The molecule has 0 radical (unpaired) electrons. The van der Waals surface area contributed by atoms with Crippen molar-refractivity contribution in [2.75, 3.05) is 13.4 Å². The second-order valence-corrected chi connectivity index (χ2v) is 10.2. The van der Waals surface area contributed by atoms with Crippen molar-refractivity contribution >= 4 is 20.6 Å². The first kappa shape index (κ1) is 21.9. The van der Waals surface area contributed by atoms with Crippen LogP contribution < -0.4 is 4.74 Å². The van der Waals surface area contributed by atoms with E-state index in [2.05, 4.69) is 22.1 Å². The molecule has 5 aromatic rings. The molecule has 0 aliphatic rings. The zero-order chi connectivity index (χ0) is 23.9. The SMILES string of the molecule is COc1ccc2cc(-c3nc(-c4ccc(S(C)(=O)=O)cc4C)[nH]c3-c3ccncc3)ccc2c1. The molecule has 7 heteroatoms. The lowest BCUT2D eigenvalue weighted by molar-refractivity contribution is 0.415. The monoisotopic (exact) mass is 469 g/mol. The van der Waals surface area contributed by atoms with Crippen molar-refractivity contribution in [3.63, 3.8) is 0 Å². The highest BCUT2D eigenvalue weighted by molar-refractivity contribution is 7.90. The molecule has 0 aliphatic carbocycles. The van der Waals surface area contributed by atoms with Crippen molar-refractivity contribution in [1.82, 2.24) is 15.0 Å². The average molecular weight is 470 g/mol. The van der Waals surface area contributed by atoms with Gasteiger partial charge in [-0.2, -0.15) is 0 Å². The molecule has 1 N–H and O–H groups in total. The first-order valence-corrected chi connectivity index (χ1v) is 12.6. The lowest BCUT2D eigenvalue weighted by Gasteiger charge is -2.06. The second-order valence-electron chi connectivity index (χ2n) is 8.22. The van der Waals surface area contributed by atoms with E-state index in [0.717, 1.165) is 50.2 Å². The van der Waals surface area contributed by atoms with Crippen LogP contribution in [0.2, 0.25) is 0 Å². The topological polar surface area (TPSA) is 84.9 Å². The number of rotatable bonds is 5. The summed E-state index contributed by atoms with van der Waals surface area (Å²) < 4.78 is 29.3. The van der Waals surface area contributed by atoms with Gasteiger partial charge in [0, 0.05) is 35.3 Å². The quantitative estimate of drug-likeness (QED) is 0.358. The lowest BCUT2D eigenvalue weighted by atomic mass is 10.0. The summed E-state index contributed by atoms with van der Waals surface area (Å²) in [6, 6.07) is 21.2. The Hall–Kier alpha value is -3.97. The highest BCUT2D eigenvalue weighted by Crippen LogP contribution is 2.35. The lowest BCUT2D eigenvalue weighted by Crippen LogP contribution is -1.98. The van der Waals surface area contributed by atoms with Crippen molar-refractivity contribution in [3.8, 4) is 39.7 Å². The van der Waals surface area contributed by atoms with E-state index >= 15 is 0 Å². The fourth-order valence-electron chi connectivity index (χ4n) is 4.07. The van der Waals surface area contributed by atoms with Gasteiger partial charge < -0.3 is 9.72 Å². The number of fused-ring (bicyclic) bond motifs is 1. The van der Waals surface area contributed by atoms with Crippen molar-refractivity contribution in [2.45, 2.75) is 11.8 Å². The van der Waals surface area contributed by atoms with E-state index in [-0.39, 0.29) is 0 Å². The Bertz CT molecular complexity index is 1620. The molecule has 0 fully saturated rings. The van der Waals surface area contributed by atoms with Gasteiger partial charge in [-0.25, -0.2) is 13.4 Å². The third-order valence-electron chi connectivity index (χ3n) is 5.87. The summed E-state index contributed by atoms with van der Waals surface area (Å²) in [4.78, 5) is 12.9. The van der Waals surface area contributed by atoms with Gasteiger partial charge in [-0.15, -0.1) is 0 Å². The summed E-state index contributed by atoms with van der Waals surface area (Å²) in [6.45, 7) is 1.89. The normalized spacial score (nSPS) is 11.6. The van der Waals surface area contributed by atoms with Crippen LogP contribution in [0, 0.1) is 6.92 Å². The minimum atomic E-state index is -3.29. The summed E-state index contributed by atoms with van der Waals surface area (Å²) >= 11 is 0. The van der Waals surface area contributed by atoms with Gasteiger partial charge >= 0.3 is 0 Å². The van der Waals surface area contributed by atoms with Gasteiger partial charge in [0.15, 0.2) is 9.84 Å². The van der Waals surface area contributed by atoms with E-state index in [0.29, 0.717) is 10.7 Å². The largest absolute Gasteiger partial charge is 0.497 e. The van der Waals surface area contributed by atoms with Gasteiger partial charge in [-0.05, 0) is 71.8 Å². The Morgan fingerprint density at radius 1 is 0.853 bits per heavy atom. The van der Waals surface area contributed by atoms with Crippen LogP contribution in [0.15, 0.2) is 84.0 Å². The molecule has 0 saturated carbocycles. The van der Waals surface area contributed by atoms with Crippen LogP contribution in [-0.4, -0.2) is 36.7 Å². The molecular formula is C27H23N3O3S. The summed E-state index contributed by atoms with van der Waals surface area (Å²) in [6.07, 6.45) is 4.71. The van der Waals surface area contributed by atoms with E-state index < -0.39 is 9.84 Å². The Morgan fingerprint density at radius 2 is 1.59 bits per heavy atom. The first-order chi connectivity index (χ1) is 16.3. The highest BCUT2D eigenvalue weighted by atomic mass is 32.2. The van der Waals surface area contributed by atoms with E-state index in [1.165, 1.54) is 6.26 Å². The molecular weight excluding hydrogens is 446 g/mol. The Labute approximate surface area is 198 Å². The third kappa shape index (κ3) is 4.06. The van der Waals surface area contributed by atoms with E-state index in [1.54, 1.807) is 37.7 Å². The van der Waals surface area contributed by atoms with Crippen molar-refractivity contribution in [1.29, 1.82) is 0 Å². The molecule has 0 spiro atoms. The second kappa shape index (κ2) is 8.43. The fraction of sp³-hybridized carbons (Fsp3) is 0.111. The minimum absolute atomic E-state index is 0.292. The molecule has 2 heterocycles. The van der Waals surface area contributed by atoms with Crippen LogP contribution in [0.25, 0.3) is 44.7 Å². The number of methoxy groups -OCH3 is 1. The fourth-order valence-corrected chi connectivity index (χ4v) is 4.77. The van der Waals surface area contributed by atoms with Gasteiger partial charge in [0.05, 0.1) is 23.4 Å². The van der Waals surface area contributed by atoms with Gasteiger partial charge in [0.2, 0.25) is 0 Å². The van der Waals surface area contributed by atoms with Gasteiger partial charge in [0.1, 0.15) is 11.6 Å².